The predicted octanol–water partition coefficient (Wildman–Crippen LogP) is 5.22. The molecule has 1 amide bonds. The maximum atomic E-state index is 12.8. The molecule has 0 unspecified atom stereocenters. The van der Waals surface area contributed by atoms with Crippen molar-refractivity contribution in [2.75, 3.05) is 5.32 Å². The number of hydrogen-bond acceptors (Lipinski definition) is 6. The van der Waals surface area contributed by atoms with Gasteiger partial charge >= 0.3 is 0 Å². The van der Waals surface area contributed by atoms with E-state index >= 15 is 0 Å². The molecule has 2 aromatic heterocycles. The van der Waals surface area contributed by atoms with Gasteiger partial charge in [0.2, 0.25) is 11.8 Å². The third-order valence-corrected chi connectivity index (χ3v) is 6.79. The van der Waals surface area contributed by atoms with Crippen molar-refractivity contribution in [1.82, 2.24) is 9.97 Å². The van der Waals surface area contributed by atoms with Crippen molar-refractivity contribution in [2.24, 2.45) is 0 Å². The van der Waals surface area contributed by atoms with Gasteiger partial charge in [-0.05, 0) is 18.4 Å². The molecule has 0 bridgehead atoms. The van der Waals surface area contributed by atoms with Crippen LogP contribution in [0.3, 0.4) is 0 Å². The summed E-state index contributed by atoms with van der Waals surface area (Å²) in [5, 5.41) is 3.64. The second-order valence-corrected chi connectivity index (χ2v) is 9.29. The van der Waals surface area contributed by atoms with Gasteiger partial charge in [-0.15, -0.1) is 11.8 Å². The lowest BCUT2D eigenvalue weighted by atomic mass is 9.95. The molecule has 4 rings (SSSR count). The first-order valence-corrected chi connectivity index (χ1v) is 10.8. The molecule has 0 saturated heterocycles. The highest BCUT2D eigenvalue weighted by atomic mass is 32.2. The van der Waals surface area contributed by atoms with E-state index < -0.39 is 0 Å². The SMILES string of the molecule is CC(C)c1cnc(CSc2cnc(NC(=O)C3(c4ccccc4)CC3)s2)o1. The van der Waals surface area contributed by atoms with Crippen molar-refractivity contribution in [2.45, 2.75) is 48.0 Å². The molecule has 0 aliphatic heterocycles. The molecule has 1 aromatic carbocycles. The van der Waals surface area contributed by atoms with Crippen LogP contribution in [0.1, 0.15) is 49.8 Å². The Labute approximate surface area is 166 Å². The van der Waals surface area contributed by atoms with E-state index in [0.717, 1.165) is 28.4 Å². The lowest BCUT2D eigenvalue weighted by molar-refractivity contribution is -0.118. The first-order valence-electron chi connectivity index (χ1n) is 8.97. The molecular formula is C20H21N3O2S2. The largest absolute Gasteiger partial charge is 0.445 e. The van der Waals surface area contributed by atoms with Crippen molar-refractivity contribution in [3.05, 3.63) is 59.9 Å². The van der Waals surface area contributed by atoms with E-state index in [9.17, 15) is 4.79 Å². The molecule has 0 spiro atoms. The second-order valence-electron chi connectivity index (χ2n) is 6.99. The van der Waals surface area contributed by atoms with Crippen LogP contribution in [0.15, 0.2) is 51.4 Å². The van der Waals surface area contributed by atoms with Crippen LogP contribution in [0.2, 0.25) is 0 Å². The number of aromatic nitrogens is 2. The zero-order valence-corrected chi connectivity index (χ0v) is 16.9. The van der Waals surface area contributed by atoms with Gasteiger partial charge in [-0.3, -0.25) is 4.79 Å². The summed E-state index contributed by atoms with van der Waals surface area (Å²) >= 11 is 3.10. The number of amides is 1. The third kappa shape index (κ3) is 3.94. The average molecular weight is 400 g/mol. The molecular weight excluding hydrogens is 378 g/mol. The summed E-state index contributed by atoms with van der Waals surface area (Å²) < 4.78 is 6.75. The number of benzene rings is 1. The fourth-order valence-electron chi connectivity index (χ4n) is 2.92. The topological polar surface area (TPSA) is 68.0 Å². The van der Waals surface area contributed by atoms with E-state index in [2.05, 4.69) is 29.1 Å². The van der Waals surface area contributed by atoms with Crippen LogP contribution in [0.5, 0.6) is 0 Å². The summed E-state index contributed by atoms with van der Waals surface area (Å²) in [7, 11) is 0. The average Bonchev–Trinajstić information content (AvgIpc) is 3.14. The quantitative estimate of drug-likeness (QED) is 0.552. The number of thiazole rings is 1. The number of oxazole rings is 1. The molecule has 27 heavy (non-hydrogen) atoms. The molecule has 7 heteroatoms. The standard InChI is InChI=1S/C20H21N3O2S2/c1-13(2)15-10-21-16(25-15)12-26-17-11-22-19(27-17)23-18(24)20(8-9-20)14-6-4-3-5-7-14/h3-7,10-11,13H,8-9,12H2,1-2H3,(H,22,23,24). The first-order chi connectivity index (χ1) is 13.1. The lowest BCUT2D eigenvalue weighted by Gasteiger charge is -2.14. The van der Waals surface area contributed by atoms with E-state index in [4.69, 9.17) is 4.42 Å². The van der Waals surface area contributed by atoms with Gasteiger partial charge < -0.3 is 9.73 Å². The number of carbonyl (C=O) groups is 1. The molecule has 0 atom stereocenters. The minimum Gasteiger partial charge on any atom is -0.445 e. The van der Waals surface area contributed by atoms with E-state index in [1.807, 2.05) is 30.3 Å². The monoisotopic (exact) mass is 399 g/mol. The van der Waals surface area contributed by atoms with Crippen LogP contribution in [0, 0.1) is 0 Å². The maximum Gasteiger partial charge on any atom is 0.236 e. The van der Waals surface area contributed by atoms with Gasteiger partial charge in [0.05, 0.1) is 27.8 Å². The van der Waals surface area contributed by atoms with Crippen molar-refractivity contribution < 1.29 is 9.21 Å². The number of anilines is 1. The zero-order chi connectivity index (χ0) is 18.9. The van der Waals surface area contributed by atoms with E-state index in [1.165, 1.54) is 11.3 Å². The number of hydrogen-bond donors (Lipinski definition) is 1. The van der Waals surface area contributed by atoms with Crippen molar-refractivity contribution in [1.29, 1.82) is 0 Å². The Morgan fingerprint density at radius 1 is 1.26 bits per heavy atom. The van der Waals surface area contributed by atoms with Crippen molar-refractivity contribution >= 4 is 34.1 Å². The Bertz CT molecular complexity index is 930. The highest BCUT2D eigenvalue weighted by molar-refractivity contribution is 8.00. The van der Waals surface area contributed by atoms with Crippen LogP contribution in [-0.2, 0) is 16.0 Å². The van der Waals surface area contributed by atoms with Gasteiger partial charge in [0.25, 0.3) is 0 Å². The number of thioether (sulfide) groups is 1. The zero-order valence-electron chi connectivity index (χ0n) is 15.3. The highest BCUT2D eigenvalue weighted by Crippen LogP contribution is 2.49. The Balaban J connectivity index is 1.36. The number of rotatable bonds is 7. The van der Waals surface area contributed by atoms with Gasteiger partial charge in [0.15, 0.2) is 5.13 Å². The normalized spacial score (nSPS) is 15.1. The van der Waals surface area contributed by atoms with Crippen LogP contribution in [-0.4, -0.2) is 15.9 Å². The molecule has 1 fully saturated rings. The lowest BCUT2D eigenvalue weighted by Crippen LogP contribution is -2.27. The second kappa shape index (κ2) is 7.48. The molecule has 1 aliphatic carbocycles. The fourth-order valence-corrected chi connectivity index (χ4v) is 4.64. The van der Waals surface area contributed by atoms with E-state index in [0.29, 0.717) is 22.7 Å². The smallest absolute Gasteiger partial charge is 0.236 e. The molecule has 0 radical (unpaired) electrons. The fraction of sp³-hybridized carbons (Fsp3) is 0.350. The Morgan fingerprint density at radius 3 is 2.70 bits per heavy atom. The summed E-state index contributed by atoms with van der Waals surface area (Å²) in [5.74, 6) is 2.63. The molecule has 1 N–H and O–H groups in total. The summed E-state index contributed by atoms with van der Waals surface area (Å²) in [4.78, 5) is 21.4. The summed E-state index contributed by atoms with van der Waals surface area (Å²) in [6, 6.07) is 9.98. The summed E-state index contributed by atoms with van der Waals surface area (Å²) in [6.45, 7) is 4.16. The Hall–Kier alpha value is -2.12. The van der Waals surface area contributed by atoms with Crippen molar-refractivity contribution in [3.63, 3.8) is 0 Å². The number of nitrogens with one attached hydrogen (secondary N) is 1. The highest BCUT2D eigenvalue weighted by Gasteiger charge is 2.51. The molecule has 3 aromatic rings. The van der Waals surface area contributed by atoms with E-state index in [1.54, 1.807) is 24.2 Å². The molecule has 1 saturated carbocycles. The molecule has 5 nitrogen and oxygen atoms in total. The van der Waals surface area contributed by atoms with Crippen LogP contribution in [0.25, 0.3) is 0 Å². The molecule has 2 heterocycles. The van der Waals surface area contributed by atoms with Gasteiger partial charge in [-0.2, -0.15) is 0 Å². The Morgan fingerprint density at radius 2 is 2.04 bits per heavy atom. The van der Waals surface area contributed by atoms with Gasteiger partial charge in [-0.25, -0.2) is 9.97 Å². The predicted molar refractivity (Wildman–Crippen MR) is 108 cm³/mol. The summed E-state index contributed by atoms with van der Waals surface area (Å²) in [6.07, 6.45) is 5.35. The van der Waals surface area contributed by atoms with Gasteiger partial charge in [-0.1, -0.05) is 55.5 Å². The van der Waals surface area contributed by atoms with Gasteiger partial charge in [0.1, 0.15) is 5.76 Å². The Kier molecular flexibility index (Phi) is 5.06. The molecule has 1 aliphatic rings. The third-order valence-electron chi connectivity index (χ3n) is 4.69. The van der Waals surface area contributed by atoms with E-state index in [-0.39, 0.29) is 11.3 Å². The number of nitrogens with zero attached hydrogens (tertiary/aromatic N) is 2. The number of carbonyl (C=O) groups excluding carboxylic acids is 1. The van der Waals surface area contributed by atoms with Crippen LogP contribution >= 0.6 is 23.1 Å². The maximum absolute atomic E-state index is 12.8. The van der Waals surface area contributed by atoms with Crippen LogP contribution < -0.4 is 5.32 Å². The van der Waals surface area contributed by atoms with Gasteiger partial charge in [0, 0.05) is 5.92 Å². The minimum atomic E-state index is -0.383. The van der Waals surface area contributed by atoms with Crippen LogP contribution in [0.4, 0.5) is 5.13 Å². The first kappa shape index (κ1) is 18.3. The minimum absolute atomic E-state index is 0.0360. The molecule has 140 valence electrons. The van der Waals surface area contributed by atoms with Crippen molar-refractivity contribution in [3.8, 4) is 0 Å². The summed E-state index contributed by atoms with van der Waals surface area (Å²) in [5.41, 5.74) is 0.699.